The quantitative estimate of drug-likeness (QED) is 0.868. The molecule has 1 fully saturated rings. The third-order valence-corrected chi connectivity index (χ3v) is 4.20. The summed E-state index contributed by atoms with van der Waals surface area (Å²) in [6, 6.07) is 1.72. The van der Waals surface area contributed by atoms with Crippen LogP contribution in [0, 0.1) is 11.8 Å². The molecule has 2 rings (SSSR count). The van der Waals surface area contributed by atoms with Crippen molar-refractivity contribution in [3.05, 3.63) is 24.0 Å². The van der Waals surface area contributed by atoms with Gasteiger partial charge in [0.2, 0.25) is 5.91 Å². The Bertz CT molecular complexity index is 442. The molecule has 2 N–H and O–H groups in total. The van der Waals surface area contributed by atoms with Crippen molar-refractivity contribution in [2.45, 2.75) is 52.1 Å². The molecule has 1 aliphatic carbocycles. The second-order valence-electron chi connectivity index (χ2n) is 5.82. The minimum absolute atomic E-state index is 0.00449. The molecular weight excluding hydrogens is 252 g/mol. The lowest BCUT2D eigenvalue weighted by Gasteiger charge is -2.24. The molecule has 1 unspecified atom stereocenters. The predicted octanol–water partition coefficient (Wildman–Crippen LogP) is 3.12. The first-order valence-electron chi connectivity index (χ1n) is 7.55. The summed E-state index contributed by atoms with van der Waals surface area (Å²) < 4.78 is 0. The van der Waals surface area contributed by atoms with E-state index in [1.807, 2.05) is 6.92 Å². The third-order valence-electron chi connectivity index (χ3n) is 4.20. The van der Waals surface area contributed by atoms with Crippen LogP contribution in [0.15, 0.2) is 18.5 Å². The van der Waals surface area contributed by atoms with E-state index in [1.165, 1.54) is 32.1 Å². The van der Waals surface area contributed by atoms with E-state index in [0.29, 0.717) is 17.2 Å². The maximum Gasteiger partial charge on any atom is 0.227 e. The Morgan fingerprint density at radius 1 is 1.45 bits per heavy atom. The van der Waals surface area contributed by atoms with Gasteiger partial charge in [0.15, 0.2) is 0 Å². The van der Waals surface area contributed by atoms with Crippen LogP contribution in [0.4, 0.5) is 5.69 Å². The summed E-state index contributed by atoms with van der Waals surface area (Å²) >= 11 is 0. The molecule has 1 saturated carbocycles. The van der Waals surface area contributed by atoms with Gasteiger partial charge in [0.1, 0.15) is 0 Å². The van der Waals surface area contributed by atoms with Crippen LogP contribution in [0.5, 0.6) is 0 Å². The molecule has 4 nitrogen and oxygen atoms in total. The Balaban J connectivity index is 1.90. The van der Waals surface area contributed by atoms with Crippen molar-refractivity contribution in [2.75, 3.05) is 5.32 Å². The van der Waals surface area contributed by atoms with Gasteiger partial charge in [-0.2, -0.15) is 0 Å². The van der Waals surface area contributed by atoms with E-state index >= 15 is 0 Å². The Labute approximate surface area is 120 Å². The van der Waals surface area contributed by atoms with Gasteiger partial charge in [-0.1, -0.05) is 39.0 Å². The molecule has 1 atom stereocenters. The second-order valence-corrected chi connectivity index (χ2v) is 5.82. The Morgan fingerprint density at radius 3 is 2.90 bits per heavy atom. The first kappa shape index (κ1) is 15.0. The second kappa shape index (κ2) is 7.39. The van der Waals surface area contributed by atoms with Gasteiger partial charge < -0.3 is 10.4 Å². The lowest BCUT2D eigenvalue weighted by Crippen LogP contribution is -2.24. The summed E-state index contributed by atoms with van der Waals surface area (Å²) in [5.74, 6) is 0.721. The van der Waals surface area contributed by atoms with Crippen molar-refractivity contribution >= 4 is 11.6 Å². The fourth-order valence-electron chi connectivity index (χ4n) is 2.96. The van der Waals surface area contributed by atoms with E-state index in [0.717, 1.165) is 6.42 Å². The number of aliphatic hydroxyl groups is 1. The molecule has 1 aliphatic rings. The highest BCUT2D eigenvalue weighted by Gasteiger charge is 2.21. The minimum atomic E-state index is -0.0882. The number of hydrogen-bond donors (Lipinski definition) is 2. The Kier molecular flexibility index (Phi) is 5.53. The van der Waals surface area contributed by atoms with E-state index in [9.17, 15) is 9.90 Å². The highest BCUT2D eigenvalue weighted by Crippen LogP contribution is 2.29. The van der Waals surface area contributed by atoms with Gasteiger partial charge in [0.25, 0.3) is 0 Å². The van der Waals surface area contributed by atoms with Gasteiger partial charge >= 0.3 is 0 Å². The first-order chi connectivity index (χ1) is 9.70. The molecule has 1 heterocycles. The number of pyridine rings is 1. The number of carbonyl (C=O) groups is 1. The minimum Gasteiger partial charge on any atom is -0.392 e. The highest BCUT2D eigenvalue weighted by atomic mass is 16.3. The molecule has 1 amide bonds. The lowest BCUT2D eigenvalue weighted by atomic mass is 9.83. The normalized spacial score (nSPS) is 17.7. The fourth-order valence-corrected chi connectivity index (χ4v) is 2.96. The van der Waals surface area contributed by atoms with Gasteiger partial charge in [-0.15, -0.1) is 0 Å². The first-order valence-corrected chi connectivity index (χ1v) is 7.55. The van der Waals surface area contributed by atoms with E-state index in [4.69, 9.17) is 0 Å². The van der Waals surface area contributed by atoms with E-state index in [2.05, 4.69) is 10.3 Å². The lowest BCUT2D eigenvalue weighted by molar-refractivity contribution is -0.120. The van der Waals surface area contributed by atoms with E-state index in [-0.39, 0.29) is 18.4 Å². The average Bonchev–Trinajstić information content (AvgIpc) is 2.48. The van der Waals surface area contributed by atoms with Crippen molar-refractivity contribution < 1.29 is 9.90 Å². The van der Waals surface area contributed by atoms with Crippen molar-refractivity contribution in [2.24, 2.45) is 11.8 Å². The molecule has 1 aromatic heterocycles. The molecule has 20 heavy (non-hydrogen) atoms. The van der Waals surface area contributed by atoms with Crippen molar-refractivity contribution in [3.8, 4) is 0 Å². The predicted molar refractivity (Wildman–Crippen MR) is 79.1 cm³/mol. The molecule has 0 aromatic carbocycles. The monoisotopic (exact) mass is 276 g/mol. The Hall–Kier alpha value is -1.42. The maximum absolute atomic E-state index is 12.2. The number of anilines is 1. The van der Waals surface area contributed by atoms with Crippen LogP contribution in [0.3, 0.4) is 0 Å². The number of nitrogens with one attached hydrogen (secondary N) is 1. The van der Waals surface area contributed by atoms with Crippen molar-refractivity contribution in [3.63, 3.8) is 0 Å². The fraction of sp³-hybridized carbons (Fsp3) is 0.625. The summed E-state index contributed by atoms with van der Waals surface area (Å²) in [4.78, 5) is 16.2. The zero-order chi connectivity index (χ0) is 14.4. The molecule has 110 valence electrons. The number of nitrogens with zero attached hydrogens (tertiary/aromatic N) is 1. The third kappa shape index (κ3) is 4.04. The standard InChI is InChI=1S/C16H24N2O2/c1-12(9-13-5-3-2-4-6-13)16(20)18-15-10-17-8-7-14(15)11-19/h7-8,10,12-13,19H,2-6,9,11H2,1H3,(H,18,20). The molecule has 0 radical (unpaired) electrons. The van der Waals surface area contributed by atoms with Crippen LogP contribution in [-0.4, -0.2) is 16.0 Å². The van der Waals surface area contributed by atoms with Crippen LogP contribution in [0.25, 0.3) is 0 Å². The Morgan fingerprint density at radius 2 is 2.20 bits per heavy atom. The van der Waals surface area contributed by atoms with Crippen molar-refractivity contribution in [1.29, 1.82) is 0 Å². The van der Waals surface area contributed by atoms with E-state index < -0.39 is 0 Å². The zero-order valence-corrected chi connectivity index (χ0v) is 12.1. The van der Waals surface area contributed by atoms with Crippen LogP contribution in [0.2, 0.25) is 0 Å². The number of carbonyl (C=O) groups excluding carboxylic acids is 1. The number of aromatic nitrogens is 1. The summed E-state index contributed by atoms with van der Waals surface area (Å²) in [7, 11) is 0. The summed E-state index contributed by atoms with van der Waals surface area (Å²) in [5, 5.41) is 12.1. The van der Waals surface area contributed by atoms with Crippen LogP contribution in [0.1, 0.15) is 51.0 Å². The van der Waals surface area contributed by atoms with Crippen LogP contribution in [-0.2, 0) is 11.4 Å². The largest absolute Gasteiger partial charge is 0.392 e. The molecule has 0 bridgehead atoms. The van der Waals surface area contributed by atoms with Gasteiger partial charge in [0.05, 0.1) is 18.5 Å². The number of amides is 1. The van der Waals surface area contributed by atoms with E-state index in [1.54, 1.807) is 18.5 Å². The number of aliphatic hydroxyl groups excluding tert-OH is 1. The smallest absolute Gasteiger partial charge is 0.227 e. The SMILES string of the molecule is CC(CC1CCCCC1)C(=O)Nc1cnccc1CO. The van der Waals surface area contributed by atoms with Crippen molar-refractivity contribution in [1.82, 2.24) is 4.98 Å². The molecule has 4 heteroatoms. The molecule has 0 saturated heterocycles. The average molecular weight is 276 g/mol. The molecule has 0 aliphatic heterocycles. The van der Waals surface area contributed by atoms with Gasteiger partial charge in [-0.25, -0.2) is 0 Å². The van der Waals surface area contributed by atoms with Crippen LogP contribution < -0.4 is 5.32 Å². The van der Waals surface area contributed by atoms with Gasteiger partial charge in [-0.05, 0) is 18.4 Å². The molecule has 0 spiro atoms. The molecule has 1 aromatic rings. The molecular formula is C16H24N2O2. The summed E-state index contributed by atoms with van der Waals surface area (Å²) in [6.45, 7) is 1.90. The maximum atomic E-state index is 12.2. The highest BCUT2D eigenvalue weighted by molar-refractivity contribution is 5.92. The summed E-state index contributed by atoms with van der Waals surface area (Å²) in [5.41, 5.74) is 1.33. The van der Waals surface area contributed by atoms with Gasteiger partial charge in [0, 0.05) is 17.7 Å². The number of hydrogen-bond acceptors (Lipinski definition) is 3. The van der Waals surface area contributed by atoms with Gasteiger partial charge in [-0.3, -0.25) is 9.78 Å². The summed E-state index contributed by atoms with van der Waals surface area (Å²) in [6.07, 6.45) is 10.6. The zero-order valence-electron chi connectivity index (χ0n) is 12.1. The topological polar surface area (TPSA) is 62.2 Å². The van der Waals surface area contributed by atoms with Crippen LogP contribution >= 0.6 is 0 Å². The number of rotatable bonds is 5.